The maximum Gasteiger partial charge on any atom is 0.308 e. The SMILES string of the molecule is COC(=O)C[C@@H]1CC(=O)[C@H](O[Si](C)(C)C(C)(C)C)[C@@H](CO)O1. The standard InChI is InChI=1S/C15H28O6Si/c1-15(2,3)22(5,6)21-14-11(17)7-10(8-13(18)19-4)20-12(14)9-16/h10,12,14,16H,7-9H2,1-6H3/t10-,12+,14-/m0/s1. The minimum atomic E-state index is -2.16. The van der Waals surface area contributed by atoms with Gasteiger partial charge in [0.15, 0.2) is 14.1 Å². The highest BCUT2D eigenvalue weighted by molar-refractivity contribution is 6.74. The Morgan fingerprint density at radius 3 is 2.45 bits per heavy atom. The smallest absolute Gasteiger partial charge is 0.308 e. The Morgan fingerprint density at radius 2 is 2.00 bits per heavy atom. The fourth-order valence-corrected chi connectivity index (χ4v) is 3.35. The van der Waals surface area contributed by atoms with Gasteiger partial charge in [-0.1, -0.05) is 20.8 Å². The van der Waals surface area contributed by atoms with E-state index in [4.69, 9.17) is 9.16 Å². The van der Waals surface area contributed by atoms with Crippen LogP contribution in [0.15, 0.2) is 0 Å². The molecule has 0 saturated carbocycles. The van der Waals surface area contributed by atoms with Crippen molar-refractivity contribution in [3.8, 4) is 0 Å². The van der Waals surface area contributed by atoms with Crippen LogP contribution >= 0.6 is 0 Å². The first-order valence-electron chi connectivity index (χ1n) is 7.55. The van der Waals surface area contributed by atoms with E-state index in [2.05, 4.69) is 38.6 Å². The summed E-state index contributed by atoms with van der Waals surface area (Å²) in [6.45, 7) is 10.0. The number of hydrogen-bond donors (Lipinski definition) is 1. The van der Waals surface area contributed by atoms with Crippen molar-refractivity contribution in [2.75, 3.05) is 13.7 Å². The summed E-state index contributed by atoms with van der Waals surface area (Å²) in [7, 11) is -0.865. The maximum absolute atomic E-state index is 12.4. The van der Waals surface area contributed by atoms with E-state index in [9.17, 15) is 14.7 Å². The molecule has 0 amide bonds. The molecule has 6 nitrogen and oxygen atoms in total. The summed E-state index contributed by atoms with van der Waals surface area (Å²) in [6, 6.07) is 0. The van der Waals surface area contributed by atoms with Crippen LogP contribution in [0.25, 0.3) is 0 Å². The molecule has 1 rings (SSSR count). The quantitative estimate of drug-likeness (QED) is 0.609. The molecule has 0 aromatic heterocycles. The molecule has 128 valence electrons. The van der Waals surface area contributed by atoms with Crippen LogP contribution in [0, 0.1) is 0 Å². The van der Waals surface area contributed by atoms with Gasteiger partial charge >= 0.3 is 5.97 Å². The second-order valence-electron chi connectivity index (χ2n) is 7.23. The monoisotopic (exact) mass is 332 g/mol. The van der Waals surface area contributed by atoms with E-state index in [1.54, 1.807) is 0 Å². The number of rotatable bonds is 5. The van der Waals surface area contributed by atoms with Gasteiger partial charge in [-0.05, 0) is 18.1 Å². The van der Waals surface area contributed by atoms with E-state index >= 15 is 0 Å². The normalized spacial score (nSPS) is 26.9. The largest absolute Gasteiger partial charge is 0.469 e. The van der Waals surface area contributed by atoms with Gasteiger partial charge in [-0.3, -0.25) is 9.59 Å². The molecule has 0 aliphatic carbocycles. The van der Waals surface area contributed by atoms with Crippen LogP contribution in [0.3, 0.4) is 0 Å². The van der Waals surface area contributed by atoms with Crippen LogP contribution < -0.4 is 0 Å². The molecular formula is C15H28O6Si. The van der Waals surface area contributed by atoms with Gasteiger partial charge in [0.1, 0.15) is 12.2 Å². The van der Waals surface area contributed by atoms with Gasteiger partial charge in [0, 0.05) is 6.42 Å². The predicted octanol–water partition coefficient (Wildman–Crippen LogP) is 1.66. The number of carbonyl (C=O) groups is 2. The molecule has 0 aromatic carbocycles. The van der Waals surface area contributed by atoms with Crippen molar-refractivity contribution in [2.45, 2.75) is 70.1 Å². The lowest BCUT2D eigenvalue weighted by molar-refractivity contribution is -0.166. The average Bonchev–Trinajstić information content (AvgIpc) is 2.39. The first-order valence-corrected chi connectivity index (χ1v) is 10.5. The Morgan fingerprint density at radius 1 is 1.41 bits per heavy atom. The Balaban J connectivity index is 2.81. The average molecular weight is 332 g/mol. The first-order chi connectivity index (χ1) is 10.0. The number of Topliss-reactive ketones (excluding diaryl/α,β-unsaturated/α-hetero) is 1. The molecule has 1 saturated heterocycles. The molecule has 0 unspecified atom stereocenters. The lowest BCUT2D eigenvalue weighted by atomic mass is 9.98. The predicted molar refractivity (Wildman–Crippen MR) is 84.1 cm³/mol. The van der Waals surface area contributed by atoms with Crippen molar-refractivity contribution < 1.29 is 28.6 Å². The van der Waals surface area contributed by atoms with Gasteiger partial charge < -0.3 is 19.0 Å². The third-order valence-corrected chi connectivity index (χ3v) is 8.94. The van der Waals surface area contributed by atoms with Crippen LogP contribution in [0.2, 0.25) is 18.1 Å². The number of esters is 1. The number of ketones is 1. The number of hydrogen-bond acceptors (Lipinski definition) is 6. The highest BCUT2D eigenvalue weighted by Crippen LogP contribution is 2.38. The van der Waals surface area contributed by atoms with Gasteiger partial charge in [-0.25, -0.2) is 0 Å². The molecule has 1 aliphatic heterocycles. The van der Waals surface area contributed by atoms with Crippen LogP contribution in [0.4, 0.5) is 0 Å². The molecule has 22 heavy (non-hydrogen) atoms. The topological polar surface area (TPSA) is 82.1 Å². The van der Waals surface area contributed by atoms with Crippen molar-refractivity contribution in [2.24, 2.45) is 0 Å². The molecule has 1 N–H and O–H groups in total. The lowest BCUT2D eigenvalue weighted by Crippen LogP contribution is -2.55. The molecule has 3 atom stereocenters. The molecule has 1 fully saturated rings. The van der Waals surface area contributed by atoms with Gasteiger partial charge in [0.2, 0.25) is 0 Å². The third kappa shape index (κ3) is 4.61. The summed E-state index contributed by atoms with van der Waals surface area (Å²) >= 11 is 0. The molecule has 0 spiro atoms. The first kappa shape index (κ1) is 19.3. The summed E-state index contributed by atoms with van der Waals surface area (Å²) in [5, 5.41) is 9.48. The lowest BCUT2D eigenvalue weighted by Gasteiger charge is -2.43. The number of methoxy groups -OCH3 is 1. The highest BCUT2D eigenvalue weighted by atomic mass is 28.4. The van der Waals surface area contributed by atoms with E-state index < -0.39 is 32.6 Å². The molecule has 0 bridgehead atoms. The zero-order valence-corrected chi connectivity index (χ0v) is 15.3. The summed E-state index contributed by atoms with van der Waals surface area (Å²) in [5.41, 5.74) is 0. The van der Waals surface area contributed by atoms with E-state index in [1.165, 1.54) is 7.11 Å². The van der Waals surface area contributed by atoms with Crippen molar-refractivity contribution in [1.82, 2.24) is 0 Å². The molecule has 7 heteroatoms. The van der Waals surface area contributed by atoms with Crippen molar-refractivity contribution in [1.29, 1.82) is 0 Å². The van der Waals surface area contributed by atoms with Gasteiger partial charge in [0.05, 0.1) is 26.2 Å². The van der Waals surface area contributed by atoms with Crippen LogP contribution in [-0.4, -0.2) is 57.2 Å². The summed E-state index contributed by atoms with van der Waals surface area (Å²) in [6.07, 6.45) is -1.95. The van der Waals surface area contributed by atoms with Crippen molar-refractivity contribution in [3.05, 3.63) is 0 Å². The summed E-state index contributed by atoms with van der Waals surface area (Å²) in [4.78, 5) is 23.7. The number of carbonyl (C=O) groups excluding carboxylic acids is 2. The third-order valence-electron chi connectivity index (χ3n) is 4.48. The van der Waals surface area contributed by atoms with E-state index in [1.807, 2.05) is 0 Å². The van der Waals surface area contributed by atoms with Crippen LogP contribution in [0.5, 0.6) is 0 Å². The highest BCUT2D eigenvalue weighted by Gasteiger charge is 2.46. The van der Waals surface area contributed by atoms with Crippen molar-refractivity contribution >= 4 is 20.1 Å². The zero-order chi connectivity index (χ0) is 17.1. The van der Waals surface area contributed by atoms with Gasteiger partial charge in [0.25, 0.3) is 0 Å². The number of aliphatic hydroxyl groups excluding tert-OH is 1. The van der Waals surface area contributed by atoms with Crippen LogP contribution in [0.1, 0.15) is 33.6 Å². The fraction of sp³-hybridized carbons (Fsp3) is 0.867. The minimum absolute atomic E-state index is 0.00551. The van der Waals surface area contributed by atoms with E-state index in [-0.39, 0.29) is 30.3 Å². The second kappa shape index (κ2) is 7.21. The van der Waals surface area contributed by atoms with Gasteiger partial charge in [-0.2, -0.15) is 0 Å². The van der Waals surface area contributed by atoms with Crippen LogP contribution in [-0.2, 0) is 23.5 Å². The van der Waals surface area contributed by atoms with Gasteiger partial charge in [-0.15, -0.1) is 0 Å². The number of aliphatic hydroxyl groups is 1. The minimum Gasteiger partial charge on any atom is -0.469 e. The Labute approximate surface area is 133 Å². The molecular weight excluding hydrogens is 304 g/mol. The maximum atomic E-state index is 12.4. The molecule has 0 aromatic rings. The zero-order valence-electron chi connectivity index (χ0n) is 14.3. The Bertz CT molecular complexity index is 415. The summed E-state index contributed by atoms with van der Waals surface area (Å²) in [5.74, 6) is -0.553. The van der Waals surface area contributed by atoms with Crippen molar-refractivity contribution in [3.63, 3.8) is 0 Å². The number of ether oxygens (including phenoxy) is 2. The fourth-order valence-electron chi connectivity index (χ4n) is 2.08. The second-order valence-corrected chi connectivity index (χ2v) is 12.0. The Hall–Kier alpha value is -0.763. The molecule has 0 radical (unpaired) electrons. The summed E-state index contributed by atoms with van der Waals surface area (Å²) < 4.78 is 16.4. The Kier molecular flexibility index (Phi) is 6.32. The molecule has 1 heterocycles. The molecule has 1 aliphatic rings. The van der Waals surface area contributed by atoms with E-state index in [0.29, 0.717) is 0 Å². The van der Waals surface area contributed by atoms with E-state index in [0.717, 1.165) is 0 Å².